The largest absolute Gasteiger partial charge is 0.327 e. The standard InChI is InChI=1S/C8H8N7O2/c9-1-4(16)14-8(17)15-7-5-6(11-2-10-5)12-3-13-7/h2-3H,1,9H2,(H2,12,13,14,15,16,17). The van der Waals surface area contributed by atoms with Crippen LogP contribution in [0.5, 0.6) is 0 Å². The molecule has 2 rings (SSSR count). The minimum Gasteiger partial charge on any atom is -0.322 e. The lowest BCUT2D eigenvalue weighted by Crippen LogP contribution is -2.38. The van der Waals surface area contributed by atoms with Crippen molar-refractivity contribution in [3.8, 4) is 0 Å². The minimum absolute atomic E-state index is 0.176. The highest BCUT2D eigenvalue weighted by molar-refractivity contribution is 6.03. The number of aliphatic imine (C=N–C) groups is 1. The lowest BCUT2D eigenvalue weighted by Gasteiger charge is -2.06. The molecule has 3 amide bonds. The van der Waals surface area contributed by atoms with Crippen molar-refractivity contribution in [1.29, 1.82) is 0 Å². The predicted octanol–water partition coefficient (Wildman–Crippen LogP) is -1.01. The van der Waals surface area contributed by atoms with Gasteiger partial charge in [0.25, 0.3) is 0 Å². The van der Waals surface area contributed by atoms with Crippen LogP contribution in [0.4, 0.5) is 22.1 Å². The summed E-state index contributed by atoms with van der Waals surface area (Å²) in [5.74, 6) is -0.0586. The summed E-state index contributed by atoms with van der Waals surface area (Å²) in [7, 11) is 0. The molecule has 0 fully saturated rings. The average molecular weight is 234 g/mol. The Morgan fingerprint density at radius 2 is 2.18 bits per heavy atom. The summed E-state index contributed by atoms with van der Waals surface area (Å²) in [5.41, 5.74) is 5.40. The number of anilines is 1. The van der Waals surface area contributed by atoms with Gasteiger partial charge in [-0.15, -0.1) is 0 Å². The molecule has 1 radical (unpaired) electrons. The zero-order valence-electron chi connectivity index (χ0n) is 8.54. The van der Waals surface area contributed by atoms with Crippen LogP contribution >= 0.6 is 0 Å². The number of rotatable bonds is 2. The molecule has 0 unspecified atom stereocenters. The smallest absolute Gasteiger partial charge is 0.322 e. The Bertz CT molecular complexity index is 499. The van der Waals surface area contributed by atoms with Crippen LogP contribution in [0.25, 0.3) is 0 Å². The van der Waals surface area contributed by atoms with Gasteiger partial charge in [-0.1, -0.05) is 0 Å². The van der Waals surface area contributed by atoms with Crippen LogP contribution in [-0.2, 0) is 4.79 Å². The third kappa shape index (κ3) is 2.34. The number of nitrogens with zero attached hydrogens (tertiary/aromatic N) is 4. The highest BCUT2D eigenvalue weighted by atomic mass is 16.2. The summed E-state index contributed by atoms with van der Waals surface area (Å²) < 4.78 is 0. The minimum atomic E-state index is -0.733. The molecule has 1 aromatic rings. The summed E-state index contributed by atoms with van der Waals surface area (Å²) in [6.07, 6.45) is 2.53. The van der Waals surface area contributed by atoms with Crippen molar-refractivity contribution in [2.75, 3.05) is 11.9 Å². The number of aromatic nitrogens is 2. The number of hydrogen-bond acceptors (Lipinski definition) is 6. The van der Waals surface area contributed by atoms with E-state index in [2.05, 4.69) is 25.6 Å². The first-order chi connectivity index (χ1) is 8.20. The molecule has 1 aromatic heterocycles. The molecule has 87 valence electrons. The van der Waals surface area contributed by atoms with Crippen LogP contribution in [0.3, 0.4) is 0 Å². The van der Waals surface area contributed by atoms with E-state index in [1.807, 2.05) is 5.32 Å². The van der Waals surface area contributed by atoms with E-state index in [0.717, 1.165) is 0 Å². The number of fused-ring (bicyclic) bond motifs is 1. The second-order valence-corrected chi connectivity index (χ2v) is 2.97. The molecule has 9 heteroatoms. The number of hydrogen-bond donors (Lipinski definition) is 3. The topological polar surface area (TPSA) is 136 Å². The Kier molecular flexibility index (Phi) is 2.92. The first-order valence-electron chi connectivity index (χ1n) is 4.60. The summed E-state index contributed by atoms with van der Waals surface area (Å²) in [4.78, 5) is 33.8. The second kappa shape index (κ2) is 4.53. The number of carbonyl (C=O) groups excluding carboxylic acids is 2. The second-order valence-electron chi connectivity index (χ2n) is 2.97. The normalized spacial score (nSPS) is 11.6. The van der Waals surface area contributed by atoms with Gasteiger partial charge in [-0.2, -0.15) is 0 Å². The van der Waals surface area contributed by atoms with Gasteiger partial charge >= 0.3 is 6.03 Å². The molecule has 0 saturated carbocycles. The fourth-order valence-electron chi connectivity index (χ4n) is 1.13. The van der Waals surface area contributed by atoms with E-state index >= 15 is 0 Å². The first-order valence-corrected chi connectivity index (χ1v) is 4.60. The van der Waals surface area contributed by atoms with Gasteiger partial charge in [0.1, 0.15) is 12.7 Å². The number of imide groups is 1. The molecule has 0 bridgehead atoms. The molecule has 1 aliphatic heterocycles. The molecule has 0 atom stereocenters. The molecule has 1 aliphatic rings. The summed E-state index contributed by atoms with van der Waals surface area (Å²) in [6.45, 7) is -0.275. The van der Waals surface area contributed by atoms with Gasteiger partial charge in [0, 0.05) is 0 Å². The fourth-order valence-corrected chi connectivity index (χ4v) is 1.13. The molecule has 2 heterocycles. The van der Waals surface area contributed by atoms with Gasteiger partial charge in [-0.05, 0) is 0 Å². The van der Waals surface area contributed by atoms with Crippen molar-refractivity contribution < 1.29 is 9.59 Å². The van der Waals surface area contributed by atoms with E-state index in [1.54, 1.807) is 0 Å². The Morgan fingerprint density at radius 1 is 1.35 bits per heavy atom. The monoisotopic (exact) mass is 234 g/mol. The summed E-state index contributed by atoms with van der Waals surface area (Å²) in [5, 5.41) is 8.21. The third-order valence-corrected chi connectivity index (χ3v) is 1.84. The zero-order valence-corrected chi connectivity index (χ0v) is 8.54. The molecule has 0 spiro atoms. The van der Waals surface area contributed by atoms with Gasteiger partial charge in [-0.3, -0.25) is 15.4 Å². The predicted molar refractivity (Wildman–Crippen MR) is 58.2 cm³/mol. The van der Waals surface area contributed by atoms with Crippen molar-refractivity contribution >= 4 is 35.6 Å². The average Bonchev–Trinajstić information content (AvgIpc) is 2.78. The van der Waals surface area contributed by atoms with Crippen molar-refractivity contribution in [2.45, 2.75) is 0 Å². The maximum absolute atomic E-state index is 11.3. The number of amides is 3. The fraction of sp³-hybridized carbons (Fsp3) is 0.125. The van der Waals surface area contributed by atoms with E-state index in [9.17, 15) is 9.59 Å². The Hall–Kier alpha value is -2.55. The molecule has 4 N–H and O–H groups in total. The van der Waals surface area contributed by atoms with Gasteiger partial charge in [0.2, 0.25) is 5.91 Å². The van der Waals surface area contributed by atoms with Crippen LogP contribution in [0.1, 0.15) is 0 Å². The molecule has 9 nitrogen and oxygen atoms in total. The molecular formula is C8H8N7O2. The number of nitrogens with one attached hydrogen (secondary N) is 2. The van der Waals surface area contributed by atoms with E-state index in [-0.39, 0.29) is 12.4 Å². The number of nitrogens with two attached hydrogens (primary N) is 1. The van der Waals surface area contributed by atoms with E-state index in [0.29, 0.717) is 11.5 Å². The lowest BCUT2D eigenvalue weighted by atomic mass is 10.4. The molecule has 0 aromatic carbocycles. The SMILES string of the molecule is NCC(=O)NC(=O)Nc1ncnc2c1N=C[N]2. The number of urea groups is 1. The quantitative estimate of drug-likeness (QED) is 0.602. The summed E-state index contributed by atoms with van der Waals surface area (Å²) in [6, 6.07) is -0.733. The highest BCUT2D eigenvalue weighted by Gasteiger charge is 2.17. The highest BCUT2D eigenvalue weighted by Crippen LogP contribution is 2.31. The zero-order chi connectivity index (χ0) is 12.3. The molecule has 0 aliphatic carbocycles. The van der Waals surface area contributed by atoms with Crippen molar-refractivity contribution in [2.24, 2.45) is 10.7 Å². The van der Waals surface area contributed by atoms with Crippen LogP contribution in [0.15, 0.2) is 11.3 Å². The third-order valence-electron chi connectivity index (χ3n) is 1.84. The first kappa shape index (κ1) is 11.0. The van der Waals surface area contributed by atoms with Crippen LogP contribution in [-0.4, -0.2) is 34.8 Å². The van der Waals surface area contributed by atoms with Gasteiger partial charge in [0.15, 0.2) is 17.3 Å². The maximum atomic E-state index is 11.3. The van der Waals surface area contributed by atoms with E-state index in [1.165, 1.54) is 12.7 Å². The van der Waals surface area contributed by atoms with E-state index in [4.69, 9.17) is 5.73 Å². The summed E-state index contributed by atoms with van der Waals surface area (Å²) >= 11 is 0. The Balaban J connectivity index is 2.09. The number of carbonyl (C=O) groups is 2. The van der Waals surface area contributed by atoms with Crippen molar-refractivity contribution in [1.82, 2.24) is 20.6 Å². The van der Waals surface area contributed by atoms with Crippen molar-refractivity contribution in [3.05, 3.63) is 6.33 Å². The van der Waals surface area contributed by atoms with Gasteiger partial charge < -0.3 is 5.73 Å². The molecule has 0 saturated heterocycles. The maximum Gasteiger partial charge on any atom is 0.327 e. The van der Waals surface area contributed by atoms with Crippen LogP contribution < -0.4 is 21.7 Å². The van der Waals surface area contributed by atoms with E-state index < -0.39 is 11.9 Å². The Morgan fingerprint density at radius 3 is 2.94 bits per heavy atom. The van der Waals surface area contributed by atoms with Crippen LogP contribution in [0.2, 0.25) is 0 Å². The van der Waals surface area contributed by atoms with Crippen LogP contribution in [0, 0.1) is 0 Å². The Labute approximate surface area is 95.5 Å². The van der Waals surface area contributed by atoms with Gasteiger partial charge in [0.05, 0.1) is 6.54 Å². The lowest BCUT2D eigenvalue weighted by molar-refractivity contribution is -0.118. The van der Waals surface area contributed by atoms with Gasteiger partial charge in [-0.25, -0.2) is 25.1 Å². The molecule has 17 heavy (non-hydrogen) atoms. The van der Waals surface area contributed by atoms with Crippen molar-refractivity contribution in [3.63, 3.8) is 0 Å². The molecular weight excluding hydrogens is 226 g/mol.